The van der Waals surface area contributed by atoms with Gasteiger partial charge in [0.1, 0.15) is 17.9 Å². The quantitative estimate of drug-likeness (QED) is 0.168. The number of fused-ring (bicyclic) bond motifs is 2. The second kappa shape index (κ2) is 17.0. The number of amides is 2. The minimum Gasteiger partial charge on any atom is -0.496 e. The number of hydroxylamine groups is 2. The average molecular weight is 757 g/mol. The number of nitrogens with zero attached hydrogens (tertiary/aromatic N) is 2. The van der Waals surface area contributed by atoms with E-state index >= 15 is 0 Å². The summed E-state index contributed by atoms with van der Waals surface area (Å²) in [5.74, 6) is 0.943. The molecule has 2 bridgehead atoms. The monoisotopic (exact) mass is 756 g/mol. The van der Waals surface area contributed by atoms with Crippen LogP contribution in [0.25, 0.3) is 11.1 Å². The van der Waals surface area contributed by atoms with Crippen molar-refractivity contribution in [3.8, 4) is 16.9 Å². The Labute approximate surface area is 326 Å². The maximum Gasteiger partial charge on any atom is 0.251 e. The normalized spacial score (nSPS) is 26.8. The summed E-state index contributed by atoms with van der Waals surface area (Å²) < 4.78 is 11.6. The number of benzene rings is 3. The molecular formula is C44H60N4O7. The molecule has 11 nitrogen and oxygen atoms in total. The molecule has 0 aromatic heterocycles. The van der Waals surface area contributed by atoms with Crippen molar-refractivity contribution in [2.45, 2.75) is 83.8 Å². The zero-order chi connectivity index (χ0) is 39.6. The van der Waals surface area contributed by atoms with Gasteiger partial charge in [0.25, 0.3) is 5.91 Å². The van der Waals surface area contributed by atoms with Crippen LogP contribution in [0, 0.1) is 29.1 Å². The van der Waals surface area contributed by atoms with Gasteiger partial charge in [-0.3, -0.25) is 14.4 Å². The van der Waals surface area contributed by atoms with E-state index in [2.05, 4.69) is 31.4 Å². The van der Waals surface area contributed by atoms with Gasteiger partial charge in [0.2, 0.25) is 5.91 Å². The fraction of sp³-hybridized carbons (Fsp3) is 0.545. The highest BCUT2D eigenvalue weighted by Crippen LogP contribution is 2.61. The first kappa shape index (κ1) is 40.7. The van der Waals surface area contributed by atoms with Crippen molar-refractivity contribution in [2.24, 2.45) is 29.1 Å². The zero-order valence-corrected chi connectivity index (χ0v) is 33.6. The average Bonchev–Trinajstić information content (AvgIpc) is 3.54. The molecule has 3 aromatic carbocycles. The molecule has 298 valence electrons. The van der Waals surface area contributed by atoms with Crippen LogP contribution in [0.4, 0.5) is 5.69 Å². The number of aliphatic hydroxyl groups excluding tert-OH is 2. The first-order valence-corrected chi connectivity index (χ1v) is 19.6. The summed E-state index contributed by atoms with van der Waals surface area (Å²) >= 11 is 0. The fourth-order valence-corrected chi connectivity index (χ4v) is 9.51. The second-order valence-electron chi connectivity index (χ2n) is 16.7. The van der Waals surface area contributed by atoms with Gasteiger partial charge in [0.05, 0.1) is 39.0 Å². The summed E-state index contributed by atoms with van der Waals surface area (Å²) in [5, 5.41) is 29.5. The van der Waals surface area contributed by atoms with Crippen LogP contribution in [0.15, 0.2) is 66.7 Å². The van der Waals surface area contributed by atoms with E-state index in [9.17, 15) is 19.8 Å². The van der Waals surface area contributed by atoms with Crippen LogP contribution in [-0.4, -0.2) is 99.0 Å². The lowest BCUT2D eigenvalue weighted by Gasteiger charge is -2.62. The van der Waals surface area contributed by atoms with Crippen molar-refractivity contribution < 1.29 is 34.1 Å². The highest BCUT2D eigenvalue weighted by Gasteiger charge is 2.57. The van der Waals surface area contributed by atoms with E-state index in [0.29, 0.717) is 42.1 Å². The molecule has 3 aliphatic carbocycles. The van der Waals surface area contributed by atoms with Crippen LogP contribution in [0.5, 0.6) is 5.75 Å². The van der Waals surface area contributed by atoms with E-state index in [4.69, 9.17) is 14.3 Å². The summed E-state index contributed by atoms with van der Waals surface area (Å²) in [6.07, 6.45) is 1.08. The Kier molecular flexibility index (Phi) is 12.6. The molecule has 0 spiro atoms. The van der Waals surface area contributed by atoms with Gasteiger partial charge in [-0.15, -0.1) is 0 Å². The van der Waals surface area contributed by atoms with Gasteiger partial charge in [-0.1, -0.05) is 69.3 Å². The summed E-state index contributed by atoms with van der Waals surface area (Å²) in [5.41, 5.74) is 5.00. The number of aliphatic hydroxyl groups is 2. The minimum atomic E-state index is -0.906. The van der Waals surface area contributed by atoms with E-state index in [1.54, 1.807) is 26.2 Å². The first-order chi connectivity index (χ1) is 26.3. The van der Waals surface area contributed by atoms with Crippen LogP contribution in [-0.2, 0) is 27.3 Å². The minimum absolute atomic E-state index is 0.0327. The van der Waals surface area contributed by atoms with Crippen molar-refractivity contribution in [2.75, 3.05) is 46.4 Å². The number of para-hydroxylation sites is 1. The second-order valence-corrected chi connectivity index (χ2v) is 16.7. The number of hydrogen-bond donors (Lipinski definition) is 4. The predicted octanol–water partition coefficient (Wildman–Crippen LogP) is 5.08. The molecule has 11 heteroatoms. The van der Waals surface area contributed by atoms with Crippen LogP contribution in [0.1, 0.15) is 62.0 Å². The fourth-order valence-electron chi connectivity index (χ4n) is 9.51. The highest BCUT2D eigenvalue weighted by molar-refractivity contribution is 5.97. The summed E-state index contributed by atoms with van der Waals surface area (Å²) in [6.45, 7) is 8.73. The Balaban J connectivity index is 1.28. The number of carbonyl (C=O) groups is 2. The molecule has 55 heavy (non-hydrogen) atoms. The molecule has 1 saturated heterocycles. The van der Waals surface area contributed by atoms with Crippen molar-refractivity contribution in [1.82, 2.24) is 15.7 Å². The Bertz CT molecular complexity index is 1800. The van der Waals surface area contributed by atoms with Gasteiger partial charge in [-0.05, 0) is 78.7 Å². The zero-order valence-electron chi connectivity index (χ0n) is 33.6. The lowest BCUT2D eigenvalue weighted by molar-refractivity contribution is -0.183. The number of anilines is 1. The largest absolute Gasteiger partial charge is 0.496 e. The van der Waals surface area contributed by atoms with Crippen molar-refractivity contribution >= 4 is 17.5 Å². The standard InChI is InChI=1S/C44H60N4O7/c1-26-36-21-32(44(36,3)4)22-37(26)46-43(52)40-39(27(2)50)38(24-49)55-48(40)23-29-15-12-16-35(41(29)54-8)30-18-31(20-34(19-30)47(5)6)42(51)45-33(25-53-7)17-28-13-10-9-11-14-28/h9-16,18-20,26-27,32-33,36-40,49-50H,17,21-25H2,1-8H3,(H,45,51)(H,46,52)/t26-,27-,32+,33+,36-,37-,38?,39+,40-/m0/s1. The molecular weight excluding hydrogens is 697 g/mol. The van der Waals surface area contributed by atoms with E-state index in [1.165, 1.54) is 6.42 Å². The molecule has 3 aromatic rings. The predicted molar refractivity (Wildman–Crippen MR) is 214 cm³/mol. The number of carbonyl (C=O) groups excluding carboxylic acids is 2. The van der Waals surface area contributed by atoms with E-state index in [1.807, 2.05) is 85.7 Å². The molecule has 4 N–H and O–H groups in total. The molecule has 4 aliphatic rings. The van der Waals surface area contributed by atoms with E-state index < -0.39 is 24.2 Å². The summed E-state index contributed by atoms with van der Waals surface area (Å²) in [6, 6.07) is 20.5. The van der Waals surface area contributed by atoms with Crippen LogP contribution >= 0.6 is 0 Å². The highest BCUT2D eigenvalue weighted by atomic mass is 16.7. The molecule has 7 rings (SSSR count). The van der Waals surface area contributed by atoms with Gasteiger partial charge in [0.15, 0.2) is 0 Å². The Morgan fingerprint density at radius 3 is 2.42 bits per heavy atom. The molecule has 1 heterocycles. The maximum absolute atomic E-state index is 14.3. The lowest BCUT2D eigenvalue weighted by Crippen LogP contribution is -2.62. The smallest absolute Gasteiger partial charge is 0.251 e. The topological polar surface area (TPSA) is 133 Å². The Morgan fingerprint density at radius 2 is 1.80 bits per heavy atom. The molecule has 0 radical (unpaired) electrons. The maximum atomic E-state index is 14.3. The molecule has 1 aliphatic heterocycles. The van der Waals surface area contributed by atoms with E-state index in [0.717, 1.165) is 34.4 Å². The first-order valence-electron chi connectivity index (χ1n) is 19.6. The third-order valence-electron chi connectivity index (χ3n) is 12.7. The lowest BCUT2D eigenvalue weighted by atomic mass is 9.45. The van der Waals surface area contributed by atoms with Gasteiger partial charge >= 0.3 is 0 Å². The van der Waals surface area contributed by atoms with Gasteiger partial charge in [-0.25, -0.2) is 0 Å². The van der Waals surface area contributed by atoms with Gasteiger partial charge < -0.3 is 35.2 Å². The van der Waals surface area contributed by atoms with Crippen LogP contribution < -0.4 is 20.3 Å². The number of nitrogens with one attached hydrogen (secondary N) is 2. The SMILES string of the molecule is COC[C@@H](Cc1ccccc1)NC(=O)c1cc(-c2cccc(CN3OC(CO)[C@@H]([C@H](C)O)[C@H]3C(=O)N[C@H]3C[C@H]4C[C@@H]([C@@H]3C)C4(C)C)c2OC)cc(N(C)C)c1. The molecule has 9 atom stereocenters. The van der Waals surface area contributed by atoms with Crippen LogP contribution in [0.2, 0.25) is 0 Å². The van der Waals surface area contributed by atoms with Gasteiger partial charge in [0, 0.05) is 55.5 Å². The van der Waals surface area contributed by atoms with E-state index in [-0.39, 0.29) is 42.5 Å². The number of rotatable bonds is 15. The summed E-state index contributed by atoms with van der Waals surface area (Å²) in [4.78, 5) is 36.4. The van der Waals surface area contributed by atoms with Gasteiger partial charge in [-0.2, -0.15) is 5.06 Å². The van der Waals surface area contributed by atoms with Crippen molar-refractivity contribution in [3.63, 3.8) is 0 Å². The number of methoxy groups -OCH3 is 2. The molecule has 4 fully saturated rings. The molecule has 1 unspecified atom stereocenters. The number of hydrogen-bond acceptors (Lipinski definition) is 9. The summed E-state index contributed by atoms with van der Waals surface area (Å²) in [7, 11) is 7.10. The Morgan fingerprint density at radius 1 is 1.05 bits per heavy atom. The third-order valence-corrected chi connectivity index (χ3v) is 12.7. The van der Waals surface area contributed by atoms with Crippen molar-refractivity contribution in [1.29, 1.82) is 0 Å². The van der Waals surface area contributed by atoms with Crippen LogP contribution in [0.3, 0.4) is 0 Å². The molecule has 2 amide bonds. The Hall–Kier alpha value is -4.00. The van der Waals surface area contributed by atoms with Crippen molar-refractivity contribution in [3.05, 3.63) is 83.4 Å². The molecule has 3 saturated carbocycles. The number of ether oxygens (including phenoxy) is 2. The third kappa shape index (κ3) is 8.42.